The number of hydrogen-bond donors (Lipinski definition) is 3. The molecule has 0 aliphatic heterocycles. The Morgan fingerprint density at radius 1 is 1.57 bits per heavy atom. The van der Waals surface area contributed by atoms with Gasteiger partial charge in [0.1, 0.15) is 0 Å². The first-order chi connectivity index (χ1) is 6.20. The molecule has 0 heterocycles. The van der Waals surface area contributed by atoms with Crippen molar-refractivity contribution in [3.8, 4) is 0 Å². The molecule has 0 radical (unpaired) electrons. The van der Waals surface area contributed by atoms with Gasteiger partial charge in [-0.2, -0.15) is 18.2 Å². The smallest absolute Gasteiger partial charge is 0.430 e. The van der Waals surface area contributed by atoms with E-state index in [1.54, 1.807) is 24.3 Å². The van der Waals surface area contributed by atoms with E-state index in [4.69, 9.17) is 10.9 Å². The van der Waals surface area contributed by atoms with Crippen molar-refractivity contribution in [2.75, 3.05) is 12.8 Å². The summed E-state index contributed by atoms with van der Waals surface area (Å²) in [6, 6.07) is 10.0. The normalized spacial score (nSPS) is 7.29. The van der Waals surface area contributed by atoms with Crippen molar-refractivity contribution in [3.63, 3.8) is 0 Å². The fourth-order valence-corrected chi connectivity index (χ4v) is 0.445. The van der Waals surface area contributed by atoms with Gasteiger partial charge < -0.3 is 10.5 Å². The molecule has 0 spiro atoms. The van der Waals surface area contributed by atoms with Gasteiger partial charge in [-0.3, -0.25) is 5.21 Å². The van der Waals surface area contributed by atoms with Crippen LogP contribution >= 0.6 is 0 Å². The zero-order chi connectivity index (χ0) is 10.1. The number of carbonyl (C=O) groups excluding carboxylic acids is 1. The maximum absolute atomic E-state index is 9.60. The van der Waals surface area contributed by atoms with Crippen LogP contribution in [0, 0.1) is 6.07 Å². The molecule has 14 heavy (non-hydrogen) atoms. The summed E-state index contributed by atoms with van der Waals surface area (Å²) in [4.78, 5) is 9.60. The van der Waals surface area contributed by atoms with Gasteiger partial charge in [-0.1, -0.05) is 5.69 Å². The van der Waals surface area contributed by atoms with Gasteiger partial charge in [-0.15, -0.1) is 12.1 Å². The Labute approximate surface area is 96.5 Å². The minimum absolute atomic E-state index is 0. The SMILES string of the molecule is COC(=O)NO.Nc1cc[c-]cc1.[W]. The van der Waals surface area contributed by atoms with E-state index >= 15 is 0 Å². The summed E-state index contributed by atoms with van der Waals surface area (Å²) in [5.41, 5.74) is 7.38. The average molecular weight is 367 g/mol. The van der Waals surface area contributed by atoms with Crippen molar-refractivity contribution in [2.24, 2.45) is 0 Å². The quantitative estimate of drug-likeness (QED) is 0.274. The Morgan fingerprint density at radius 3 is 2.21 bits per heavy atom. The van der Waals surface area contributed by atoms with Gasteiger partial charge in [-0.25, -0.2) is 10.3 Å². The third-order valence-corrected chi connectivity index (χ3v) is 1.02. The van der Waals surface area contributed by atoms with E-state index in [0.717, 1.165) is 12.8 Å². The van der Waals surface area contributed by atoms with Crippen LogP contribution in [-0.4, -0.2) is 18.4 Å². The number of anilines is 1. The van der Waals surface area contributed by atoms with Crippen LogP contribution in [0.4, 0.5) is 10.5 Å². The largest absolute Gasteiger partial charge is 0.451 e. The predicted molar refractivity (Wildman–Crippen MR) is 47.0 cm³/mol. The van der Waals surface area contributed by atoms with Crippen molar-refractivity contribution >= 4 is 11.8 Å². The first-order valence-electron chi connectivity index (χ1n) is 3.40. The topological polar surface area (TPSA) is 84.6 Å². The minimum atomic E-state index is -0.852. The van der Waals surface area contributed by atoms with Crippen LogP contribution in [-0.2, 0) is 25.8 Å². The number of rotatable bonds is 0. The van der Waals surface area contributed by atoms with Crippen molar-refractivity contribution in [2.45, 2.75) is 0 Å². The third kappa shape index (κ3) is 9.03. The molecule has 0 fully saturated rings. The standard InChI is InChI=1S/C6H6N.C2H5NO3.W/c7-6-4-2-1-3-5-6;1-6-2(4)3-5;/h2-5H,7H2;5H,1H3,(H,3,4);/q-1;;. The molecule has 78 valence electrons. The van der Waals surface area contributed by atoms with Gasteiger partial charge in [0.05, 0.1) is 7.11 Å². The number of nitrogens with one attached hydrogen (secondary N) is 1. The first-order valence-corrected chi connectivity index (χ1v) is 3.40. The van der Waals surface area contributed by atoms with Gasteiger partial charge in [0.2, 0.25) is 0 Å². The van der Waals surface area contributed by atoms with Crippen LogP contribution in [0.25, 0.3) is 0 Å². The van der Waals surface area contributed by atoms with E-state index in [0.29, 0.717) is 0 Å². The number of hydrogen-bond acceptors (Lipinski definition) is 4. The number of benzene rings is 1. The first kappa shape index (κ1) is 15.4. The molecule has 0 bridgehead atoms. The predicted octanol–water partition coefficient (Wildman–Crippen LogP) is 0.798. The monoisotopic (exact) mass is 367 g/mol. The summed E-state index contributed by atoms with van der Waals surface area (Å²) in [5.74, 6) is 0. The van der Waals surface area contributed by atoms with Gasteiger partial charge in [0, 0.05) is 21.1 Å². The van der Waals surface area contributed by atoms with E-state index in [1.165, 1.54) is 5.48 Å². The number of nitrogen functional groups attached to an aromatic ring is 1. The van der Waals surface area contributed by atoms with Crippen molar-refractivity contribution in [3.05, 3.63) is 30.3 Å². The summed E-state index contributed by atoms with van der Waals surface area (Å²) in [6.07, 6.45) is -0.852. The maximum atomic E-state index is 9.60. The molecule has 4 N–H and O–H groups in total. The molecule has 6 heteroatoms. The Hall–Kier alpha value is -1.06. The van der Waals surface area contributed by atoms with Crippen LogP contribution in [0.2, 0.25) is 0 Å². The molecule has 0 saturated heterocycles. The third-order valence-electron chi connectivity index (χ3n) is 1.02. The summed E-state index contributed by atoms with van der Waals surface area (Å²) in [7, 11) is 1.16. The molecule has 1 rings (SSSR count). The molecule has 0 aromatic heterocycles. The molecular weight excluding hydrogens is 356 g/mol. The van der Waals surface area contributed by atoms with Gasteiger partial charge in [-0.05, 0) is 0 Å². The average Bonchev–Trinajstić information content (AvgIpc) is 2.19. The second-order valence-electron chi connectivity index (χ2n) is 1.94. The van der Waals surface area contributed by atoms with Crippen molar-refractivity contribution in [1.29, 1.82) is 0 Å². The number of carbonyl (C=O) groups is 1. The van der Waals surface area contributed by atoms with E-state index in [1.807, 2.05) is 0 Å². The molecule has 1 amide bonds. The van der Waals surface area contributed by atoms with Crippen LogP contribution in [0.1, 0.15) is 0 Å². The molecule has 5 nitrogen and oxygen atoms in total. The number of methoxy groups -OCH3 is 1. The fraction of sp³-hybridized carbons (Fsp3) is 0.125. The second-order valence-corrected chi connectivity index (χ2v) is 1.94. The number of amides is 1. The minimum Gasteiger partial charge on any atom is -0.451 e. The number of ether oxygens (including phenoxy) is 1. The van der Waals surface area contributed by atoms with E-state index in [9.17, 15) is 4.79 Å². The molecule has 1 aromatic rings. The summed E-state index contributed by atoms with van der Waals surface area (Å²) >= 11 is 0. The molecule has 0 saturated carbocycles. The molecular formula is C8H11N2O3W-. The number of hydroxylamine groups is 1. The van der Waals surface area contributed by atoms with Crippen LogP contribution in [0.5, 0.6) is 0 Å². The Kier molecular flexibility index (Phi) is 11.0. The van der Waals surface area contributed by atoms with Gasteiger partial charge in [0.25, 0.3) is 0 Å². The number of nitrogens with two attached hydrogens (primary N) is 1. The molecule has 0 aliphatic carbocycles. The van der Waals surface area contributed by atoms with E-state index < -0.39 is 6.09 Å². The summed E-state index contributed by atoms with van der Waals surface area (Å²) in [5, 5.41) is 7.61. The second kappa shape index (κ2) is 10.0. The zero-order valence-corrected chi connectivity index (χ0v) is 10.5. The Morgan fingerprint density at radius 2 is 2.07 bits per heavy atom. The molecule has 0 atom stereocenters. The van der Waals surface area contributed by atoms with Gasteiger partial charge in [0.15, 0.2) is 0 Å². The Bertz CT molecular complexity index is 238. The van der Waals surface area contributed by atoms with E-state index in [2.05, 4.69) is 10.8 Å². The summed E-state index contributed by atoms with van der Waals surface area (Å²) in [6.45, 7) is 0. The van der Waals surface area contributed by atoms with Crippen LogP contribution in [0.15, 0.2) is 24.3 Å². The van der Waals surface area contributed by atoms with Crippen LogP contribution < -0.4 is 11.2 Å². The molecule has 0 unspecified atom stereocenters. The van der Waals surface area contributed by atoms with Crippen molar-refractivity contribution < 1.29 is 35.8 Å². The molecule has 1 aromatic carbocycles. The zero-order valence-electron chi connectivity index (χ0n) is 7.56. The van der Waals surface area contributed by atoms with Gasteiger partial charge >= 0.3 is 6.09 Å². The Balaban J connectivity index is 0. The van der Waals surface area contributed by atoms with Crippen LogP contribution in [0.3, 0.4) is 0 Å². The fourth-order valence-electron chi connectivity index (χ4n) is 0.445. The van der Waals surface area contributed by atoms with Crippen molar-refractivity contribution in [1.82, 2.24) is 5.48 Å². The van der Waals surface area contributed by atoms with E-state index in [-0.39, 0.29) is 21.1 Å². The maximum Gasteiger partial charge on any atom is 0.430 e. The summed E-state index contributed by atoms with van der Waals surface area (Å²) < 4.78 is 3.90. The molecule has 0 aliphatic rings.